The van der Waals surface area contributed by atoms with Crippen molar-refractivity contribution < 1.29 is 9.59 Å². The number of benzene rings is 1. The number of hydrogen-bond donors (Lipinski definition) is 0. The van der Waals surface area contributed by atoms with E-state index in [1.807, 2.05) is 36.4 Å². The van der Waals surface area contributed by atoms with Gasteiger partial charge in [-0.1, -0.05) is 30.0 Å². The van der Waals surface area contributed by atoms with Crippen molar-refractivity contribution in [2.24, 2.45) is 0 Å². The summed E-state index contributed by atoms with van der Waals surface area (Å²) in [7, 11) is 0. The molecule has 5 heteroatoms. The number of hydrogen-bond acceptors (Lipinski definition) is 4. The van der Waals surface area contributed by atoms with E-state index < -0.39 is 0 Å². The molecule has 0 radical (unpaired) electrons. The highest BCUT2D eigenvalue weighted by Crippen LogP contribution is 2.28. The van der Waals surface area contributed by atoms with Crippen molar-refractivity contribution in [3.05, 3.63) is 36.4 Å². The minimum atomic E-state index is 0.0338. The monoisotopic (exact) mass is 286 g/mol. The Labute approximate surface area is 121 Å². The number of carbonyl (C=O) groups excluding carboxylic acids is 2. The molecule has 1 unspecified atom stereocenters. The lowest BCUT2D eigenvalue weighted by molar-refractivity contribution is -0.117. The number of para-hydroxylation sites is 1. The van der Waals surface area contributed by atoms with E-state index in [0.29, 0.717) is 18.8 Å². The maximum Gasteiger partial charge on any atom is 0.229 e. The molecule has 0 saturated carbocycles. The fourth-order valence-corrected chi connectivity index (χ4v) is 3.33. The number of rotatable bonds is 2. The first-order chi connectivity index (χ1) is 9.63. The minimum Gasteiger partial charge on any atom is -0.296 e. The van der Waals surface area contributed by atoms with E-state index >= 15 is 0 Å². The number of carbonyl (C=O) groups is 2. The molecule has 0 bridgehead atoms. The van der Waals surface area contributed by atoms with Gasteiger partial charge in [-0.05, 0) is 18.2 Å². The summed E-state index contributed by atoms with van der Waals surface area (Å²) < 4.78 is 0. The third-order valence-electron chi connectivity index (χ3n) is 3.28. The van der Waals surface area contributed by atoms with Crippen molar-refractivity contribution in [1.29, 1.82) is 0 Å². The van der Waals surface area contributed by atoms with Gasteiger partial charge in [0.15, 0.2) is 5.12 Å². The first-order valence-corrected chi connectivity index (χ1v) is 7.35. The molecule has 0 spiro atoms. The molecule has 1 aromatic carbocycles. The molecule has 4 nitrogen and oxygen atoms in total. The zero-order valence-corrected chi connectivity index (χ0v) is 11.9. The smallest absolute Gasteiger partial charge is 0.229 e. The maximum absolute atomic E-state index is 12.1. The molecular weight excluding hydrogens is 272 g/mol. The van der Waals surface area contributed by atoms with Crippen LogP contribution in [-0.2, 0) is 9.59 Å². The van der Waals surface area contributed by atoms with Crippen LogP contribution in [0.1, 0.15) is 13.3 Å². The highest BCUT2D eigenvalue weighted by molar-refractivity contribution is 8.14. The molecule has 1 fully saturated rings. The molecule has 0 N–H and O–H groups in total. The van der Waals surface area contributed by atoms with Crippen LogP contribution in [0.2, 0.25) is 0 Å². The summed E-state index contributed by atoms with van der Waals surface area (Å²) in [6.45, 7) is 2.08. The third-order valence-corrected chi connectivity index (χ3v) is 4.26. The number of fused-ring (bicyclic) bond motifs is 1. The molecule has 2 aromatic rings. The van der Waals surface area contributed by atoms with E-state index in [-0.39, 0.29) is 16.3 Å². The summed E-state index contributed by atoms with van der Waals surface area (Å²) in [6, 6.07) is 11.6. The molecule has 20 heavy (non-hydrogen) atoms. The van der Waals surface area contributed by atoms with Gasteiger partial charge in [0.1, 0.15) is 5.82 Å². The highest BCUT2D eigenvalue weighted by atomic mass is 32.2. The summed E-state index contributed by atoms with van der Waals surface area (Å²) in [6.07, 6.45) is 0.402. The van der Waals surface area contributed by atoms with Gasteiger partial charge in [-0.3, -0.25) is 14.5 Å². The molecule has 0 aliphatic carbocycles. The number of aromatic nitrogens is 1. The van der Waals surface area contributed by atoms with Crippen LogP contribution >= 0.6 is 11.8 Å². The Balaban J connectivity index is 1.87. The average molecular weight is 286 g/mol. The third kappa shape index (κ3) is 2.54. The molecule has 1 saturated heterocycles. The number of nitrogens with zero attached hydrogens (tertiary/aromatic N) is 2. The summed E-state index contributed by atoms with van der Waals surface area (Å²) >= 11 is 1.24. The van der Waals surface area contributed by atoms with Gasteiger partial charge in [-0.2, -0.15) is 0 Å². The molecule has 1 amide bonds. The van der Waals surface area contributed by atoms with Crippen LogP contribution in [0.15, 0.2) is 36.4 Å². The van der Waals surface area contributed by atoms with Gasteiger partial charge in [0, 0.05) is 30.5 Å². The second-order valence-corrected chi connectivity index (χ2v) is 6.28. The average Bonchev–Trinajstić information content (AvgIpc) is 2.78. The second-order valence-electron chi connectivity index (χ2n) is 4.80. The quantitative estimate of drug-likeness (QED) is 0.851. The van der Waals surface area contributed by atoms with Crippen molar-refractivity contribution in [3.8, 4) is 0 Å². The van der Waals surface area contributed by atoms with Gasteiger partial charge < -0.3 is 0 Å². The number of amides is 1. The van der Waals surface area contributed by atoms with Crippen molar-refractivity contribution in [2.45, 2.75) is 18.6 Å². The van der Waals surface area contributed by atoms with Crippen molar-refractivity contribution >= 4 is 39.5 Å². The van der Waals surface area contributed by atoms with E-state index in [0.717, 1.165) is 10.9 Å². The predicted octanol–water partition coefficient (Wildman–Crippen LogP) is 2.62. The van der Waals surface area contributed by atoms with E-state index in [1.165, 1.54) is 18.7 Å². The lowest BCUT2D eigenvalue weighted by atomic mass is 10.2. The zero-order valence-electron chi connectivity index (χ0n) is 11.1. The van der Waals surface area contributed by atoms with Crippen molar-refractivity contribution in [3.63, 3.8) is 0 Å². The van der Waals surface area contributed by atoms with Crippen LogP contribution in [0.5, 0.6) is 0 Å². The topological polar surface area (TPSA) is 50.3 Å². The zero-order chi connectivity index (χ0) is 14.1. The normalized spacial score (nSPS) is 18.8. The Kier molecular flexibility index (Phi) is 3.44. The Morgan fingerprint density at radius 2 is 2.10 bits per heavy atom. The van der Waals surface area contributed by atoms with Crippen LogP contribution < -0.4 is 4.90 Å². The van der Waals surface area contributed by atoms with E-state index in [2.05, 4.69) is 4.98 Å². The molecule has 1 aliphatic rings. The Bertz CT molecular complexity index is 686. The van der Waals surface area contributed by atoms with Gasteiger partial charge in [0.2, 0.25) is 5.91 Å². The number of anilines is 1. The SMILES string of the molecule is CC(=O)SC1CC(=O)N(c2ccc3ccccc3n2)C1. The number of pyridine rings is 1. The first kappa shape index (κ1) is 13.1. The molecule has 102 valence electrons. The Hall–Kier alpha value is -1.88. The van der Waals surface area contributed by atoms with Crippen LogP contribution in [-0.4, -0.2) is 27.8 Å². The summed E-state index contributed by atoms with van der Waals surface area (Å²) in [4.78, 5) is 29.4. The van der Waals surface area contributed by atoms with Gasteiger partial charge in [0.05, 0.1) is 5.52 Å². The molecule has 2 heterocycles. The summed E-state index contributed by atoms with van der Waals surface area (Å²) in [5.74, 6) is 0.701. The van der Waals surface area contributed by atoms with Gasteiger partial charge in [-0.15, -0.1) is 0 Å². The molecule has 1 atom stereocenters. The molecule has 3 rings (SSSR count). The Morgan fingerprint density at radius 3 is 2.90 bits per heavy atom. The fourth-order valence-electron chi connectivity index (χ4n) is 2.42. The lowest BCUT2D eigenvalue weighted by Gasteiger charge is -2.15. The fraction of sp³-hybridized carbons (Fsp3) is 0.267. The molecular formula is C15H14N2O2S. The summed E-state index contributed by atoms with van der Waals surface area (Å²) in [5, 5.41) is 1.14. The van der Waals surface area contributed by atoms with Crippen LogP contribution in [0.4, 0.5) is 5.82 Å². The largest absolute Gasteiger partial charge is 0.296 e. The minimum absolute atomic E-state index is 0.0338. The van der Waals surface area contributed by atoms with Crippen molar-refractivity contribution in [1.82, 2.24) is 4.98 Å². The summed E-state index contributed by atoms with van der Waals surface area (Å²) in [5.41, 5.74) is 0.875. The Morgan fingerprint density at radius 1 is 1.30 bits per heavy atom. The van der Waals surface area contributed by atoms with E-state index in [1.54, 1.807) is 4.90 Å². The maximum atomic E-state index is 12.1. The van der Waals surface area contributed by atoms with Gasteiger partial charge >= 0.3 is 0 Å². The standard InChI is InChI=1S/C15H14N2O2S/c1-10(18)20-12-8-15(19)17(9-12)14-7-6-11-4-2-3-5-13(11)16-14/h2-7,12H,8-9H2,1H3. The van der Waals surface area contributed by atoms with Crippen molar-refractivity contribution in [2.75, 3.05) is 11.4 Å². The van der Waals surface area contributed by atoms with Crippen LogP contribution in [0.25, 0.3) is 10.9 Å². The predicted molar refractivity (Wildman–Crippen MR) is 80.8 cm³/mol. The van der Waals surface area contributed by atoms with E-state index in [9.17, 15) is 9.59 Å². The van der Waals surface area contributed by atoms with Crippen LogP contribution in [0, 0.1) is 0 Å². The second kappa shape index (κ2) is 5.25. The van der Waals surface area contributed by atoms with E-state index in [4.69, 9.17) is 0 Å². The van der Waals surface area contributed by atoms with Gasteiger partial charge in [-0.25, -0.2) is 4.98 Å². The molecule has 1 aliphatic heterocycles. The lowest BCUT2D eigenvalue weighted by Crippen LogP contribution is -2.25. The number of thioether (sulfide) groups is 1. The first-order valence-electron chi connectivity index (χ1n) is 6.47. The van der Waals surface area contributed by atoms with Gasteiger partial charge in [0.25, 0.3) is 0 Å². The highest BCUT2D eigenvalue weighted by Gasteiger charge is 2.32. The van der Waals surface area contributed by atoms with Crippen LogP contribution in [0.3, 0.4) is 0 Å². The molecule has 1 aromatic heterocycles.